The van der Waals surface area contributed by atoms with E-state index < -0.39 is 0 Å². The molecule has 6 heteroatoms. The van der Waals surface area contributed by atoms with E-state index in [1.165, 1.54) is 12.1 Å². The highest BCUT2D eigenvalue weighted by atomic mass is 19.1. The maximum Gasteiger partial charge on any atom is 0.239 e. The van der Waals surface area contributed by atoms with Crippen LogP contribution in [0.1, 0.15) is 19.8 Å². The van der Waals surface area contributed by atoms with Crippen LogP contribution < -0.4 is 10.2 Å². The van der Waals surface area contributed by atoms with Gasteiger partial charge >= 0.3 is 0 Å². The molecular formula is C19H29FN4O. The van der Waals surface area contributed by atoms with Crippen LogP contribution >= 0.6 is 0 Å². The van der Waals surface area contributed by atoms with Crippen molar-refractivity contribution in [3.63, 3.8) is 0 Å². The fourth-order valence-electron chi connectivity index (χ4n) is 3.84. The van der Waals surface area contributed by atoms with Crippen molar-refractivity contribution in [2.75, 3.05) is 51.2 Å². The largest absolute Gasteiger partial charge is 0.369 e. The number of nitrogens with zero attached hydrogens (tertiary/aromatic N) is 3. The first-order valence-electron chi connectivity index (χ1n) is 9.28. The molecule has 2 aliphatic heterocycles. The monoisotopic (exact) mass is 348 g/mol. The van der Waals surface area contributed by atoms with Crippen molar-refractivity contribution in [3.05, 3.63) is 30.1 Å². The van der Waals surface area contributed by atoms with Crippen LogP contribution in [0, 0.1) is 5.82 Å². The molecule has 5 nitrogen and oxygen atoms in total. The average Bonchev–Trinajstić information content (AvgIpc) is 2.67. The lowest BCUT2D eigenvalue weighted by atomic mass is 10.0. The van der Waals surface area contributed by atoms with Crippen LogP contribution in [0.5, 0.6) is 0 Å². The zero-order valence-electron chi connectivity index (χ0n) is 15.2. The van der Waals surface area contributed by atoms with Gasteiger partial charge in [0.15, 0.2) is 0 Å². The lowest BCUT2D eigenvalue weighted by Crippen LogP contribution is -2.56. The maximum atomic E-state index is 13.1. The first-order chi connectivity index (χ1) is 12.1. The van der Waals surface area contributed by atoms with Gasteiger partial charge in [-0.15, -0.1) is 0 Å². The molecule has 25 heavy (non-hydrogen) atoms. The van der Waals surface area contributed by atoms with E-state index in [0.717, 1.165) is 57.8 Å². The molecule has 1 atom stereocenters. The van der Waals surface area contributed by atoms with E-state index in [1.807, 2.05) is 31.0 Å². The molecule has 1 N–H and O–H groups in total. The summed E-state index contributed by atoms with van der Waals surface area (Å²) in [5.74, 6) is 0.0182. The van der Waals surface area contributed by atoms with E-state index in [4.69, 9.17) is 0 Å². The van der Waals surface area contributed by atoms with Crippen LogP contribution in [0.4, 0.5) is 10.1 Å². The van der Waals surface area contributed by atoms with Gasteiger partial charge in [-0.25, -0.2) is 4.39 Å². The predicted octanol–water partition coefficient (Wildman–Crippen LogP) is 1.55. The minimum Gasteiger partial charge on any atom is -0.369 e. The minimum absolute atomic E-state index is 0.0877. The fourth-order valence-corrected chi connectivity index (χ4v) is 3.84. The fraction of sp³-hybridized carbons (Fsp3) is 0.632. The van der Waals surface area contributed by atoms with Crippen LogP contribution in [-0.2, 0) is 4.79 Å². The summed E-state index contributed by atoms with van der Waals surface area (Å²) in [5.41, 5.74) is 1.05. The summed E-state index contributed by atoms with van der Waals surface area (Å²) < 4.78 is 13.1. The lowest BCUT2D eigenvalue weighted by Gasteiger charge is -2.41. The van der Waals surface area contributed by atoms with Crippen LogP contribution in [0.15, 0.2) is 24.3 Å². The van der Waals surface area contributed by atoms with Gasteiger partial charge in [0.05, 0.1) is 6.04 Å². The van der Waals surface area contributed by atoms with E-state index in [0.29, 0.717) is 6.04 Å². The summed E-state index contributed by atoms with van der Waals surface area (Å²) in [6.07, 6.45) is 2.07. The first kappa shape index (κ1) is 18.1. The number of piperidine rings is 1. The van der Waals surface area contributed by atoms with Crippen LogP contribution in [-0.4, -0.2) is 74.1 Å². The van der Waals surface area contributed by atoms with Gasteiger partial charge < -0.3 is 15.1 Å². The van der Waals surface area contributed by atoms with Crippen LogP contribution in [0.25, 0.3) is 0 Å². The Morgan fingerprint density at radius 3 is 2.36 bits per heavy atom. The Labute approximate surface area is 149 Å². The van der Waals surface area contributed by atoms with Gasteiger partial charge in [0.1, 0.15) is 5.82 Å². The third-order valence-electron chi connectivity index (χ3n) is 5.62. The summed E-state index contributed by atoms with van der Waals surface area (Å²) in [7, 11) is 1.95. The van der Waals surface area contributed by atoms with Crippen LogP contribution in [0.3, 0.4) is 0 Å². The molecule has 2 saturated heterocycles. The van der Waals surface area contributed by atoms with Gasteiger partial charge in [-0.3, -0.25) is 9.69 Å². The number of likely N-dealkylation sites (N-methyl/N-ethyl adjacent to an activating group) is 1. The third kappa shape index (κ3) is 4.30. The number of carbonyl (C=O) groups is 1. The molecule has 138 valence electrons. The Bertz CT molecular complexity index is 565. The van der Waals surface area contributed by atoms with Crippen molar-refractivity contribution in [1.29, 1.82) is 0 Å². The second-order valence-corrected chi connectivity index (χ2v) is 7.11. The molecule has 2 heterocycles. The zero-order valence-corrected chi connectivity index (χ0v) is 15.2. The second kappa shape index (κ2) is 8.15. The molecule has 1 aromatic carbocycles. The standard InChI is InChI=1S/C19H29FN4O/c1-15(19(25)22(2)17-7-9-21-10-8-17)23-11-13-24(14-12-23)18-5-3-16(20)4-6-18/h3-6,15,17,21H,7-14H2,1-2H3. The number of hydrogen-bond donors (Lipinski definition) is 1. The van der Waals surface area contributed by atoms with Crippen molar-refractivity contribution in [1.82, 2.24) is 15.1 Å². The first-order valence-corrected chi connectivity index (χ1v) is 9.28. The highest BCUT2D eigenvalue weighted by molar-refractivity contribution is 5.81. The number of anilines is 1. The zero-order chi connectivity index (χ0) is 17.8. The number of halogens is 1. The topological polar surface area (TPSA) is 38.8 Å². The van der Waals surface area contributed by atoms with E-state index in [-0.39, 0.29) is 17.8 Å². The number of benzene rings is 1. The lowest BCUT2D eigenvalue weighted by molar-refractivity contribution is -0.137. The molecule has 1 aromatic rings. The van der Waals surface area contributed by atoms with Gasteiger partial charge in [0, 0.05) is 45.0 Å². The number of hydrogen-bond acceptors (Lipinski definition) is 4. The van der Waals surface area contributed by atoms with Crippen molar-refractivity contribution in [2.24, 2.45) is 0 Å². The molecule has 1 amide bonds. The van der Waals surface area contributed by atoms with Crippen molar-refractivity contribution in [2.45, 2.75) is 31.8 Å². The molecule has 0 aliphatic carbocycles. The number of amides is 1. The normalized spacial score (nSPS) is 21.2. The summed E-state index contributed by atoms with van der Waals surface area (Å²) >= 11 is 0. The van der Waals surface area contributed by atoms with Gasteiger partial charge in [0.2, 0.25) is 5.91 Å². The predicted molar refractivity (Wildman–Crippen MR) is 98.3 cm³/mol. The summed E-state index contributed by atoms with van der Waals surface area (Å²) in [6, 6.07) is 6.92. The SMILES string of the molecule is CC(C(=O)N(C)C1CCNCC1)N1CCN(c2ccc(F)cc2)CC1. The minimum atomic E-state index is -0.206. The molecular weight excluding hydrogens is 319 g/mol. The molecule has 0 spiro atoms. The smallest absolute Gasteiger partial charge is 0.239 e. The highest BCUT2D eigenvalue weighted by Gasteiger charge is 2.30. The molecule has 0 saturated carbocycles. The number of rotatable bonds is 4. The van der Waals surface area contributed by atoms with Crippen molar-refractivity contribution < 1.29 is 9.18 Å². The Kier molecular flexibility index (Phi) is 5.91. The highest BCUT2D eigenvalue weighted by Crippen LogP contribution is 2.19. The Morgan fingerprint density at radius 1 is 1.16 bits per heavy atom. The third-order valence-corrected chi connectivity index (χ3v) is 5.62. The van der Waals surface area contributed by atoms with E-state index in [1.54, 1.807) is 0 Å². The number of nitrogens with one attached hydrogen (secondary N) is 1. The summed E-state index contributed by atoms with van der Waals surface area (Å²) in [4.78, 5) is 19.3. The Hall–Kier alpha value is -1.66. The van der Waals surface area contributed by atoms with Gasteiger partial charge in [-0.05, 0) is 57.1 Å². The van der Waals surface area contributed by atoms with E-state index in [2.05, 4.69) is 15.1 Å². The quantitative estimate of drug-likeness (QED) is 0.896. The number of piperazine rings is 1. The van der Waals surface area contributed by atoms with Gasteiger partial charge in [0.25, 0.3) is 0 Å². The van der Waals surface area contributed by atoms with Crippen molar-refractivity contribution in [3.8, 4) is 0 Å². The van der Waals surface area contributed by atoms with E-state index in [9.17, 15) is 9.18 Å². The molecule has 2 fully saturated rings. The molecule has 1 unspecified atom stereocenters. The molecule has 3 rings (SSSR count). The molecule has 0 bridgehead atoms. The van der Waals surface area contributed by atoms with Gasteiger partial charge in [-0.1, -0.05) is 0 Å². The van der Waals surface area contributed by atoms with Crippen LogP contribution in [0.2, 0.25) is 0 Å². The average molecular weight is 348 g/mol. The van der Waals surface area contributed by atoms with Gasteiger partial charge in [-0.2, -0.15) is 0 Å². The molecule has 0 aromatic heterocycles. The summed E-state index contributed by atoms with van der Waals surface area (Å²) in [5, 5.41) is 3.35. The molecule has 2 aliphatic rings. The Morgan fingerprint density at radius 2 is 1.76 bits per heavy atom. The summed E-state index contributed by atoms with van der Waals surface area (Å²) in [6.45, 7) is 7.43. The van der Waals surface area contributed by atoms with E-state index >= 15 is 0 Å². The maximum absolute atomic E-state index is 13.1. The molecule has 0 radical (unpaired) electrons. The second-order valence-electron chi connectivity index (χ2n) is 7.11. The number of carbonyl (C=O) groups excluding carboxylic acids is 1. The van der Waals surface area contributed by atoms with Crippen molar-refractivity contribution >= 4 is 11.6 Å². The Balaban J connectivity index is 1.52.